The fraction of sp³-hybridized carbons (Fsp3) is 1.00. The largest absolute Gasteiger partial charge is 0.330 e. The maximum absolute atomic E-state index is 6.31. The minimum absolute atomic E-state index is 0.173. The molecule has 0 aromatic heterocycles. The van der Waals surface area contributed by atoms with E-state index >= 15 is 0 Å². The van der Waals surface area contributed by atoms with E-state index in [0.717, 1.165) is 25.7 Å². The van der Waals surface area contributed by atoms with E-state index in [1.54, 1.807) is 0 Å². The first-order chi connectivity index (χ1) is 13.1. The van der Waals surface area contributed by atoms with Crippen molar-refractivity contribution in [3.05, 3.63) is 0 Å². The molecule has 164 valence electrons. The van der Waals surface area contributed by atoms with Crippen LogP contribution >= 0.6 is 0 Å². The van der Waals surface area contributed by atoms with E-state index in [9.17, 15) is 0 Å². The molecule has 0 spiro atoms. The summed E-state index contributed by atoms with van der Waals surface area (Å²) in [5.74, 6) is -0.473. The number of hydrogen-bond acceptors (Lipinski definition) is 4. The molecule has 0 amide bonds. The highest BCUT2D eigenvalue weighted by Gasteiger charge is 2.56. The third-order valence-corrected chi connectivity index (χ3v) is 6.00. The predicted molar refractivity (Wildman–Crippen MR) is 116 cm³/mol. The Morgan fingerprint density at radius 3 is 1.70 bits per heavy atom. The summed E-state index contributed by atoms with van der Waals surface area (Å²) in [6.45, 7) is 15.4. The fourth-order valence-corrected chi connectivity index (χ4v) is 4.70. The van der Waals surface area contributed by atoms with Crippen molar-refractivity contribution < 1.29 is 14.2 Å². The second kappa shape index (κ2) is 15.7. The highest BCUT2D eigenvalue weighted by Crippen LogP contribution is 2.52. The van der Waals surface area contributed by atoms with Gasteiger partial charge in [0.25, 0.3) is 5.97 Å². The van der Waals surface area contributed by atoms with Crippen molar-refractivity contribution >= 4 is 0 Å². The van der Waals surface area contributed by atoms with Crippen LogP contribution in [0.15, 0.2) is 0 Å². The average molecular weight is 388 g/mol. The van der Waals surface area contributed by atoms with Crippen LogP contribution in [0, 0.1) is 11.3 Å². The van der Waals surface area contributed by atoms with E-state index in [-0.39, 0.29) is 5.41 Å². The third-order valence-electron chi connectivity index (χ3n) is 6.00. The van der Waals surface area contributed by atoms with Crippen LogP contribution in [0.3, 0.4) is 0 Å². The third kappa shape index (κ3) is 7.64. The molecule has 0 aliphatic heterocycles. The van der Waals surface area contributed by atoms with Crippen molar-refractivity contribution in [2.45, 2.75) is 112 Å². The van der Waals surface area contributed by atoms with Gasteiger partial charge in [0.15, 0.2) is 0 Å². The molecule has 4 heteroatoms. The summed E-state index contributed by atoms with van der Waals surface area (Å²) < 4.78 is 18.9. The molecule has 0 aromatic rings. The Labute approximate surface area is 169 Å². The lowest BCUT2D eigenvalue weighted by atomic mass is 9.65. The van der Waals surface area contributed by atoms with Crippen LogP contribution in [-0.4, -0.2) is 32.3 Å². The molecule has 4 nitrogen and oxygen atoms in total. The molecule has 0 radical (unpaired) electrons. The number of nitrogens with two attached hydrogens (primary N) is 1. The molecule has 0 heterocycles. The molecule has 2 N–H and O–H groups in total. The minimum atomic E-state index is -0.973. The summed E-state index contributed by atoms with van der Waals surface area (Å²) in [7, 11) is 0. The highest BCUT2D eigenvalue weighted by molar-refractivity contribution is 4.94. The fourth-order valence-electron chi connectivity index (χ4n) is 4.70. The Hall–Kier alpha value is -0.160. The Morgan fingerprint density at radius 1 is 0.741 bits per heavy atom. The molecule has 0 aliphatic rings. The van der Waals surface area contributed by atoms with Gasteiger partial charge in [0, 0.05) is 19.8 Å². The van der Waals surface area contributed by atoms with Crippen LogP contribution < -0.4 is 5.73 Å². The molecule has 0 rings (SSSR count). The van der Waals surface area contributed by atoms with Gasteiger partial charge in [-0.2, -0.15) is 0 Å². The summed E-state index contributed by atoms with van der Waals surface area (Å²) in [6, 6.07) is 0. The Morgan fingerprint density at radius 2 is 1.30 bits per heavy atom. The molecule has 2 atom stereocenters. The van der Waals surface area contributed by atoms with E-state index in [4.69, 9.17) is 19.9 Å². The van der Waals surface area contributed by atoms with Crippen molar-refractivity contribution in [3.63, 3.8) is 0 Å². The van der Waals surface area contributed by atoms with Gasteiger partial charge in [0.2, 0.25) is 0 Å². The van der Waals surface area contributed by atoms with E-state index in [1.807, 2.05) is 20.8 Å². The van der Waals surface area contributed by atoms with Crippen LogP contribution in [0.25, 0.3) is 0 Å². The molecular weight excluding hydrogens is 338 g/mol. The molecule has 0 saturated carbocycles. The quantitative estimate of drug-likeness (QED) is 0.209. The van der Waals surface area contributed by atoms with Crippen LogP contribution in [-0.2, 0) is 14.2 Å². The smallest absolute Gasteiger partial charge is 0.289 e. The van der Waals surface area contributed by atoms with Gasteiger partial charge in [-0.15, -0.1) is 0 Å². The normalized spacial score (nSPS) is 15.7. The summed E-state index contributed by atoms with van der Waals surface area (Å²) in [4.78, 5) is 0. The van der Waals surface area contributed by atoms with Crippen molar-refractivity contribution in [2.24, 2.45) is 17.1 Å². The number of ether oxygens (including phenoxy) is 3. The van der Waals surface area contributed by atoms with Gasteiger partial charge in [-0.3, -0.25) is 0 Å². The SMILES string of the molecule is CCCCCCCC(CC)C(CC)(CCCN)C(OCC)(OCC)OCC. The van der Waals surface area contributed by atoms with Crippen LogP contribution in [0.4, 0.5) is 0 Å². The first kappa shape index (κ1) is 26.8. The minimum Gasteiger partial charge on any atom is -0.330 e. The standard InChI is InChI=1S/C23H49NO3/c1-7-13-14-15-16-18-21(8-2)22(9-3,19-17-20-24)23(25-10-4,26-11-5)27-12-6/h21H,7-20,24H2,1-6H3. The average Bonchev–Trinajstić information content (AvgIpc) is 2.67. The molecule has 0 aliphatic carbocycles. The summed E-state index contributed by atoms with van der Waals surface area (Å²) in [5.41, 5.74) is 5.76. The van der Waals surface area contributed by atoms with Crippen molar-refractivity contribution in [1.29, 1.82) is 0 Å². The lowest BCUT2D eigenvalue weighted by Crippen LogP contribution is -2.58. The number of hydrogen-bond donors (Lipinski definition) is 1. The van der Waals surface area contributed by atoms with E-state index in [0.29, 0.717) is 32.3 Å². The van der Waals surface area contributed by atoms with Gasteiger partial charge in [-0.1, -0.05) is 59.3 Å². The lowest BCUT2D eigenvalue weighted by molar-refractivity contribution is -0.438. The van der Waals surface area contributed by atoms with Gasteiger partial charge in [-0.05, 0) is 58.9 Å². The van der Waals surface area contributed by atoms with Crippen LogP contribution in [0.5, 0.6) is 0 Å². The molecule has 0 fully saturated rings. The van der Waals surface area contributed by atoms with E-state index in [1.165, 1.54) is 38.5 Å². The van der Waals surface area contributed by atoms with Crippen LogP contribution in [0.2, 0.25) is 0 Å². The zero-order valence-corrected chi connectivity index (χ0v) is 19.3. The topological polar surface area (TPSA) is 53.7 Å². The monoisotopic (exact) mass is 387 g/mol. The van der Waals surface area contributed by atoms with E-state index < -0.39 is 5.97 Å². The Bertz CT molecular complexity index is 321. The summed E-state index contributed by atoms with van der Waals surface area (Å²) in [6.07, 6.45) is 11.8. The maximum atomic E-state index is 6.31. The lowest BCUT2D eigenvalue weighted by Gasteiger charge is -2.52. The van der Waals surface area contributed by atoms with Crippen molar-refractivity contribution in [1.82, 2.24) is 0 Å². The van der Waals surface area contributed by atoms with Gasteiger partial charge in [-0.25, -0.2) is 0 Å². The Balaban J connectivity index is 5.76. The maximum Gasteiger partial charge on any atom is 0.289 e. The van der Waals surface area contributed by atoms with Crippen LogP contribution in [0.1, 0.15) is 106 Å². The van der Waals surface area contributed by atoms with E-state index in [2.05, 4.69) is 20.8 Å². The Kier molecular flexibility index (Phi) is 15.6. The first-order valence-corrected chi connectivity index (χ1v) is 11.7. The molecule has 0 saturated heterocycles. The van der Waals surface area contributed by atoms with Gasteiger partial charge in [0.1, 0.15) is 0 Å². The number of rotatable bonds is 19. The summed E-state index contributed by atoms with van der Waals surface area (Å²) in [5, 5.41) is 0. The molecule has 0 bridgehead atoms. The second-order valence-corrected chi connectivity index (χ2v) is 7.57. The first-order valence-electron chi connectivity index (χ1n) is 11.7. The molecule has 0 aromatic carbocycles. The van der Waals surface area contributed by atoms with Crippen molar-refractivity contribution in [2.75, 3.05) is 26.4 Å². The van der Waals surface area contributed by atoms with Crippen molar-refractivity contribution in [3.8, 4) is 0 Å². The zero-order valence-electron chi connectivity index (χ0n) is 19.3. The molecular formula is C23H49NO3. The number of unbranched alkanes of at least 4 members (excludes halogenated alkanes) is 4. The predicted octanol–water partition coefficient (Wildman–Crippen LogP) is 6.27. The zero-order chi connectivity index (χ0) is 20.6. The summed E-state index contributed by atoms with van der Waals surface area (Å²) >= 11 is 0. The molecule has 27 heavy (non-hydrogen) atoms. The highest BCUT2D eigenvalue weighted by atomic mass is 16.9. The van der Waals surface area contributed by atoms with Gasteiger partial charge in [0.05, 0.1) is 5.41 Å². The van der Waals surface area contributed by atoms with Gasteiger partial charge >= 0.3 is 0 Å². The molecule has 2 unspecified atom stereocenters. The van der Waals surface area contributed by atoms with Gasteiger partial charge < -0.3 is 19.9 Å². The second-order valence-electron chi connectivity index (χ2n) is 7.57.